The lowest BCUT2D eigenvalue weighted by atomic mass is 10.1. The molecule has 0 fully saturated rings. The van der Waals surface area contributed by atoms with Crippen LogP contribution >= 0.6 is 7.82 Å². The maximum Gasteiger partial charge on any atom is 0.306 e. The molecule has 0 amide bonds. The topological polar surface area (TPSA) is 111 Å². The number of quaternary nitrogens is 1. The molecule has 2 unspecified atom stereocenters. The molecule has 0 heterocycles. The summed E-state index contributed by atoms with van der Waals surface area (Å²) in [6, 6.07) is 0. The molecule has 0 bridgehead atoms. The van der Waals surface area contributed by atoms with Crippen molar-refractivity contribution in [3.63, 3.8) is 0 Å². The number of ether oxygens (including phenoxy) is 2. The minimum atomic E-state index is -4.65. The molecule has 0 rings (SSSR count). The number of carbonyl (C=O) groups excluding carboxylic acids is 2. The lowest BCUT2D eigenvalue weighted by molar-refractivity contribution is -0.870. The summed E-state index contributed by atoms with van der Waals surface area (Å²) in [6.07, 6.45) is 75.5. The number of esters is 2. The van der Waals surface area contributed by atoms with Crippen LogP contribution in [0.25, 0.3) is 0 Å². The Kier molecular flexibility index (Phi) is 52.0. The quantitative estimate of drug-likeness (QED) is 0.0195. The van der Waals surface area contributed by atoms with Crippen LogP contribution in [0.2, 0.25) is 0 Å². The van der Waals surface area contributed by atoms with Gasteiger partial charge in [-0.15, -0.1) is 0 Å². The second kappa shape index (κ2) is 54.5. The predicted molar refractivity (Wildman–Crippen MR) is 314 cm³/mol. The number of phosphoric acid groups is 1. The molecule has 2 atom stereocenters. The van der Waals surface area contributed by atoms with Crippen LogP contribution in [0.15, 0.2) is 109 Å². The number of allylic oxidation sites excluding steroid dienone is 18. The summed E-state index contributed by atoms with van der Waals surface area (Å²) in [4.78, 5) is 37.9. The zero-order chi connectivity index (χ0) is 54.2. The molecule has 0 aromatic rings. The van der Waals surface area contributed by atoms with Gasteiger partial charge in [0.1, 0.15) is 19.8 Å². The van der Waals surface area contributed by atoms with E-state index in [0.29, 0.717) is 17.4 Å². The van der Waals surface area contributed by atoms with E-state index >= 15 is 0 Å². The average molecular weight is 1050 g/mol. The highest BCUT2D eigenvalue weighted by atomic mass is 31.2. The molecule has 0 N–H and O–H groups in total. The normalized spacial score (nSPS) is 14.1. The van der Waals surface area contributed by atoms with Gasteiger partial charge in [-0.25, -0.2) is 0 Å². The molecule has 10 heteroatoms. The van der Waals surface area contributed by atoms with Crippen molar-refractivity contribution in [2.45, 2.75) is 238 Å². The van der Waals surface area contributed by atoms with Gasteiger partial charge in [-0.05, 0) is 103 Å². The molecular formula is C64H110NO8P. The fraction of sp³-hybridized carbons (Fsp3) is 0.688. The van der Waals surface area contributed by atoms with Gasteiger partial charge < -0.3 is 27.9 Å². The van der Waals surface area contributed by atoms with E-state index in [4.69, 9.17) is 18.5 Å². The van der Waals surface area contributed by atoms with Gasteiger partial charge >= 0.3 is 11.9 Å². The standard InChI is InChI=1S/C64H110NO8P/c1-6-8-10-12-14-16-18-20-22-24-26-27-28-29-30-31-32-33-34-35-36-37-39-41-43-45-47-49-51-53-55-57-64(67)73-62(61-72-74(68,69)71-59-58-65(3,4)5)60-70-63(66)56-54-52-50-48-46-44-42-40-38-25-23-21-19-17-15-13-11-9-7-2/h8,10,14-17,20-23,26-27,29-30,32-33,35-36,62H,6-7,9,11-13,18-19,24-25,28,31,34,37-61H2,1-5H3/b10-8-,16-14-,17-15-,22-20-,23-21-,27-26-,30-29-,33-32-,36-35-. The fourth-order valence-corrected chi connectivity index (χ4v) is 8.45. The minimum absolute atomic E-state index is 0.0380. The first-order valence-corrected chi connectivity index (χ1v) is 31.1. The number of rotatable bonds is 53. The summed E-state index contributed by atoms with van der Waals surface area (Å²) in [5.41, 5.74) is 0. The van der Waals surface area contributed by atoms with Crippen molar-refractivity contribution < 1.29 is 42.1 Å². The summed E-state index contributed by atoms with van der Waals surface area (Å²) in [5, 5.41) is 0. The lowest BCUT2D eigenvalue weighted by Crippen LogP contribution is -2.37. The van der Waals surface area contributed by atoms with Crippen LogP contribution in [0.5, 0.6) is 0 Å². The summed E-state index contributed by atoms with van der Waals surface area (Å²) in [7, 11) is 1.15. The van der Waals surface area contributed by atoms with Crippen molar-refractivity contribution in [2.24, 2.45) is 0 Å². The summed E-state index contributed by atoms with van der Waals surface area (Å²) < 4.78 is 34.2. The van der Waals surface area contributed by atoms with E-state index < -0.39 is 32.5 Å². The molecule has 0 saturated heterocycles. The Balaban J connectivity index is 4.19. The first kappa shape index (κ1) is 70.7. The number of phosphoric ester groups is 1. The molecule has 424 valence electrons. The van der Waals surface area contributed by atoms with Crippen LogP contribution in [-0.4, -0.2) is 70.0 Å². The number of nitrogens with zero attached hydrogens (tertiary/aromatic N) is 1. The number of hydrogen-bond acceptors (Lipinski definition) is 8. The van der Waals surface area contributed by atoms with Crippen molar-refractivity contribution in [1.29, 1.82) is 0 Å². The molecule has 74 heavy (non-hydrogen) atoms. The van der Waals surface area contributed by atoms with E-state index in [1.807, 2.05) is 21.1 Å². The second-order valence-corrected chi connectivity index (χ2v) is 22.0. The van der Waals surface area contributed by atoms with Crippen molar-refractivity contribution in [3.05, 3.63) is 109 Å². The van der Waals surface area contributed by atoms with Crippen LogP contribution in [0.3, 0.4) is 0 Å². The van der Waals surface area contributed by atoms with E-state index in [1.165, 1.54) is 89.9 Å². The Bertz CT molecular complexity index is 1620. The molecule has 0 saturated carbocycles. The maximum atomic E-state index is 12.8. The van der Waals surface area contributed by atoms with Gasteiger partial charge in [0.15, 0.2) is 6.10 Å². The Morgan fingerprint density at radius 1 is 0.432 bits per heavy atom. The Morgan fingerprint density at radius 2 is 0.770 bits per heavy atom. The zero-order valence-electron chi connectivity index (χ0n) is 48.0. The van der Waals surface area contributed by atoms with Gasteiger partial charge in [0.2, 0.25) is 0 Å². The van der Waals surface area contributed by atoms with Crippen LogP contribution in [0.4, 0.5) is 0 Å². The molecule has 0 aliphatic rings. The third kappa shape index (κ3) is 57.9. The second-order valence-electron chi connectivity index (χ2n) is 20.6. The summed E-state index contributed by atoms with van der Waals surface area (Å²) >= 11 is 0. The number of unbranched alkanes of at least 4 members (excludes halogenated alkanes) is 21. The van der Waals surface area contributed by atoms with E-state index in [-0.39, 0.29) is 26.1 Å². The van der Waals surface area contributed by atoms with E-state index in [2.05, 4.69) is 123 Å². The fourth-order valence-electron chi connectivity index (χ4n) is 7.72. The molecule has 0 aromatic carbocycles. The molecule has 0 aliphatic heterocycles. The van der Waals surface area contributed by atoms with Gasteiger partial charge in [0, 0.05) is 12.8 Å². The lowest BCUT2D eigenvalue weighted by Gasteiger charge is -2.28. The van der Waals surface area contributed by atoms with Gasteiger partial charge in [-0.1, -0.05) is 226 Å². The highest BCUT2D eigenvalue weighted by Gasteiger charge is 2.21. The summed E-state index contributed by atoms with van der Waals surface area (Å²) in [6.45, 7) is 4.09. The molecule has 0 aliphatic carbocycles. The Labute approximate surface area is 455 Å². The highest BCUT2D eigenvalue weighted by Crippen LogP contribution is 2.38. The number of carbonyl (C=O) groups is 2. The summed E-state index contributed by atoms with van der Waals surface area (Å²) in [5.74, 6) is -0.849. The minimum Gasteiger partial charge on any atom is -0.756 e. The zero-order valence-corrected chi connectivity index (χ0v) is 48.9. The number of likely N-dealkylation sites (N-methyl/N-ethyl adjacent to an activating group) is 1. The van der Waals surface area contributed by atoms with Crippen molar-refractivity contribution in [1.82, 2.24) is 0 Å². The average Bonchev–Trinajstić information content (AvgIpc) is 3.36. The molecule has 0 spiro atoms. The Hall–Kier alpha value is -3.33. The van der Waals surface area contributed by atoms with Crippen LogP contribution in [0, 0.1) is 0 Å². The highest BCUT2D eigenvalue weighted by molar-refractivity contribution is 7.45. The van der Waals surface area contributed by atoms with E-state index in [1.54, 1.807) is 0 Å². The first-order chi connectivity index (χ1) is 36.0. The van der Waals surface area contributed by atoms with Gasteiger partial charge in [0.05, 0.1) is 27.7 Å². The third-order valence-corrected chi connectivity index (χ3v) is 13.2. The maximum absolute atomic E-state index is 12.8. The SMILES string of the molecule is CC/C=C\C/C=C\C/C=C\C/C=C\C/C=C\C/C=C\C/C=C\CCCCCCCCCCCC(=O)OC(COC(=O)CCCCCCCCCCC/C=C\C/C=C\CCCCC)COP(=O)([O-])OCC[N+](C)(C)C. The largest absolute Gasteiger partial charge is 0.756 e. The first-order valence-electron chi connectivity index (χ1n) is 29.6. The molecule has 0 aromatic heterocycles. The van der Waals surface area contributed by atoms with Crippen LogP contribution in [0.1, 0.15) is 232 Å². The van der Waals surface area contributed by atoms with Gasteiger partial charge in [-0.2, -0.15) is 0 Å². The predicted octanol–water partition coefficient (Wildman–Crippen LogP) is 18.0. The van der Waals surface area contributed by atoms with Gasteiger partial charge in [-0.3, -0.25) is 14.2 Å². The van der Waals surface area contributed by atoms with Crippen LogP contribution in [-0.2, 0) is 32.7 Å². The number of hydrogen-bond donors (Lipinski definition) is 0. The monoisotopic (exact) mass is 1050 g/mol. The molecular weight excluding hydrogens is 942 g/mol. The van der Waals surface area contributed by atoms with Gasteiger partial charge in [0.25, 0.3) is 7.82 Å². The molecule has 0 radical (unpaired) electrons. The van der Waals surface area contributed by atoms with E-state index in [9.17, 15) is 19.0 Å². The third-order valence-electron chi connectivity index (χ3n) is 12.3. The smallest absolute Gasteiger partial charge is 0.306 e. The Morgan fingerprint density at radius 3 is 1.15 bits per heavy atom. The van der Waals surface area contributed by atoms with E-state index in [0.717, 1.165) is 109 Å². The van der Waals surface area contributed by atoms with Crippen molar-refractivity contribution >= 4 is 19.8 Å². The van der Waals surface area contributed by atoms with Crippen molar-refractivity contribution in [3.8, 4) is 0 Å². The molecule has 9 nitrogen and oxygen atoms in total. The van der Waals surface area contributed by atoms with Crippen LogP contribution < -0.4 is 4.89 Å². The van der Waals surface area contributed by atoms with Crippen molar-refractivity contribution in [2.75, 3.05) is 47.5 Å².